The molecule has 0 bridgehead atoms. The number of hydrogen-bond donors (Lipinski definition) is 1. The Morgan fingerprint density at radius 1 is 1.00 bits per heavy atom. The number of nitrogens with zero attached hydrogens (tertiary/aromatic N) is 4. The summed E-state index contributed by atoms with van der Waals surface area (Å²) in [5, 5.41) is 7.71. The average Bonchev–Trinajstić information content (AvgIpc) is 3.09. The van der Waals surface area contributed by atoms with E-state index in [1.165, 1.54) is 17.5 Å². The molecule has 0 saturated carbocycles. The van der Waals surface area contributed by atoms with Gasteiger partial charge < -0.3 is 5.32 Å². The van der Waals surface area contributed by atoms with Crippen LogP contribution in [0.4, 0.5) is 5.82 Å². The summed E-state index contributed by atoms with van der Waals surface area (Å²) in [6, 6.07) is 20.5. The van der Waals surface area contributed by atoms with E-state index in [1.807, 2.05) is 36.4 Å². The molecule has 0 spiro atoms. The quantitative estimate of drug-likeness (QED) is 0.624. The number of rotatable bonds is 4. The Morgan fingerprint density at radius 3 is 2.71 bits per heavy atom. The minimum Gasteiger partial charge on any atom is -0.366 e. The Hall–Kier alpha value is -3.21. The van der Waals surface area contributed by atoms with Gasteiger partial charge in [-0.1, -0.05) is 60.2 Å². The zero-order valence-corrected chi connectivity index (χ0v) is 13.3. The lowest BCUT2D eigenvalue weighted by Gasteiger charge is -2.10. The standard InChI is InChI=1S/C19H17N5/c1-14-6-5-7-15(10-14)12-20-18-11-17(16-8-3-2-4-9-16)23-19-21-13-22-24(18)19/h2-11,13,20H,12H2,1H3. The predicted molar refractivity (Wildman–Crippen MR) is 94.7 cm³/mol. The van der Waals surface area contributed by atoms with Crippen LogP contribution in [0.15, 0.2) is 67.0 Å². The van der Waals surface area contributed by atoms with Crippen molar-refractivity contribution in [2.75, 3.05) is 5.32 Å². The van der Waals surface area contributed by atoms with E-state index in [9.17, 15) is 0 Å². The van der Waals surface area contributed by atoms with Crippen molar-refractivity contribution in [1.82, 2.24) is 19.6 Å². The molecule has 0 unspecified atom stereocenters. The van der Waals surface area contributed by atoms with E-state index in [-0.39, 0.29) is 0 Å². The molecule has 0 radical (unpaired) electrons. The van der Waals surface area contributed by atoms with E-state index in [1.54, 1.807) is 4.52 Å². The van der Waals surface area contributed by atoms with Crippen LogP contribution in [0, 0.1) is 6.92 Å². The first-order valence-electron chi connectivity index (χ1n) is 7.85. The molecule has 2 aromatic heterocycles. The maximum atomic E-state index is 4.58. The minimum atomic E-state index is 0.586. The molecule has 0 fully saturated rings. The molecular weight excluding hydrogens is 298 g/mol. The van der Waals surface area contributed by atoms with Crippen molar-refractivity contribution in [3.05, 3.63) is 78.1 Å². The highest BCUT2D eigenvalue weighted by molar-refractivity contribution is 5.65. The molecule has 0 aliphatic carbocycles. The highest BCUT2D eigenvalue weighted by atomic mass is 15.3. The normalized spacial score (nSPS) is 10.9. The molecule has 4 rings (SSSR count). The summed E-state index contributed by atoms with van der Waals surface area (Å²) < 4.78 is 1.72. The molecule has 0 amide bonds. The molecule has 24 heavy (non-hydrogen) atoms. The molecule has 2 heterocycles. The van der Waals surface area contributed by atoms with Gasteiger partial charge in [-0.05, 0) is 12.5 Å². The number of hydrogen-bond acceptors (Lipinski definition) is 4. The van der Waals surface area contributed by atoms with Gasteiger partial charge in [0.05, 0.1) is 5.69 Å². The third-order valence-electron chi connectivity index (χ3n) is 3.88. The highest BCUT2D eigenvalue weighted by Gasteiger charge is 2.09. The molecule has 0 atom stereocenters. The molecule has 4 aromatic rings. The van der Waals surface area contributed by atoms with Crippen molar-refractivity contribution in [3.8, 4) is 11.3 Å². The van der Waals surface area contributed by atoms with Crippen LogP contribution >= 0.6 is 0 Å². The van der Waals surface area contributed by atoms with Crippen LogP contribution < -0.4 is 5.32 Å². The fourth-order valence-corrected chi connectivity index (χ4v) is 2.71. The molecule has 0 aliphatic rings. The van der Waals surface area contributed by atoms with Gasteiger partial charge in [-0.25, -0.2) is 4.98 Å². The monoisotopic (exact) mass is 315 g/mol. The van der Waals surface area contributed by atoms with Gasteiger partial charge in [0.1, 0.15) is 12.1 Å². The van der Waals surface area contributed by atoms with Crippen LogP contribution in [0.5, 0.6) is 0 Å². The number of anilines is 1. The number of nitrogens with one attached hydrogen (secondary N) is 1. The van der Waals surface area contributed by atoms with Crippen molar-refractivity contribution in [2.45, 2.75) is 13.5 Å². The highest BCUT2D eigenvalue weighted by Crippen LogP contribution is 2.21. The first-order valence-corrected chi connectivity index (χ1v) is 7.85. The van der Waals surface area contributed by atoms with Crippen LogP contribution in [0.2, 0.25) is 0 Å². The summed E-state index contributed by atoms with van der Waals surface area (Å²) in [5.41, 5.74) is 4.41. The van der Waals surface area contributed by atoms with Gasteiger partial charge in [0, 0.05) is 18.2 Å². The third kappa shape index (κ3) is 2.84. The Morgan fingerprint density at radius 2 is 1.88 bits per heavy atom. The second-order valence-electron chi connectivity index (χ2n) is 5.71. The lowest BCUT2D eigenvalue weighted by Crippen LogP contribution is -2.07. The van der Waals surface area contributed by atoms with E-state index in [0.717, 1.165) is 23.6 Å². The Bertz CT molecular complexity index is 975. The van der Waals surface area contributed by atoms with E-state index >= 15 is 0 Å². The van der Waals surface area contributed by atoms with Gasteiger partial charge in [0.25, 0.3) is 5.78 Å². The molecule has 0 saturated heterocycles. The number of fused-ring (bicyclic) bond motifs is 1. The van der Waals surface area contributed by atoms with Gasteiger partial charge in [-0.3, -0.25) is 0 Å². The molecular formula is C19H17N5. The first-order chi connectivity index (χ1) is 11.8. The van der Waals surface area contributed by atoms with Gasteiger partial charge in [0.15, 0.2) is 0 Å². The molecule has 2 aromatic carbocycles. The zero-order valence-electron chi connectivity index (χ0n) is 13.3. The molecule has 1 N–H and O–H groups in total. The number of aromatic nitrogens is 4. The summed E-state index contributed by atoms with van der Waals surface area (Å²) in [6.45, 7) is 2.81. The zero-order chi connectivity index (χ0) is 16.4. The van der Waals surface area contributed by atoms with E-state index in [2.05, 4.69) is 51.6 Å². The molecule has 5 nitrogen and oxygen atoms in total. The molecule has 5 heteroatoms. The van der Waals surface area contributed by atoms with Crippen LogP contribution in [-0.2, 0) is 6.54 Å². The summed E-state index contributed by atoms with van der Waals surface area (Å²) in [5.74, 6) is 1.46. The van der Waals surface area contributed by atoms with Crippen molar-refractivity contribution in [1.29, 1.82) is 0 Å². The Balaban J connectivity index is 1.70. The van der Waals surface area contributed by atoms with Crippen molar-refractivity contribution in [2.24, 2.45) is 0 Å². The second kappa shape index (κ2) is 6.12. The SMILES string of the molecule is Cc1cccc(CNc2cc(-c3ccccc3)nc3ncnn23)c1. The fourth-order valence-electron chi connectivity index (χ4n) is 2.71. The van der Waals surface area contributed by atoms with Gasteiger partial charge in [-0.15, -0.1) is 0 Å². The average molecular weight is 315 g/mol. The third-order valence-corrected chi connectivity index (χ3v) is 3.88. The van der Waals surface area contributed by atoms with Crippen LogP contribution in [0.25, 0.3) is 17.0 Å². The Kier molecular flexibility index (Phi) is 3.67. The van der Waals surface area contributed by atoms with Gasteiger partial charge >= 0.3 is 0 Å². The van der Waals surface area contributed by atoms with Crippen LogP contribution in [0.3, 0.4) is 0 Å². The number of aryl methyl sites for hydroxylation is 1. The number of benzene rings is 2. The van der Waals surface area contributed by atoms with Gasteiger partial charge in [0.2, 0.25) is 0 Å². The summed E-state index contributed by atoms with van der Waals surface area (Å²) >= 11 is 0. The van der Waals surface area contributed by atoms with E-state index in [4.69, 9.17) is 0 Å². The largest absolute Gasteiger partial charge is 0.366 e. The van der Waals surface area contributed by atoms with Crippen LogP contribution in [-0.4, -0.2) is 19.6 Å². The smallest absolute Gasteiger partial charge is 0.254 e. The maximum Gasteiger partial charge on any atom is 0.254 e. The van der Waals surface area contributed by atoms with E-state index < -0.39 is 0 Å². The summed E-state index contributed by atoms with van der Waals surface area (Å²) in [4.78, 5) is 8.82. The summed E-state index contributed by atoms with van der Waals surface area (Å²) in [6.07, 6.45) is 1.52. The molecule has 118 valence electrons. The van der Waals surface area contributed by atoms with E-state index in [0.29, 0.717) is 5.78 Å². The fraction of sp³-hybridized carbons (Fsp3) is 0.105. The predicted octanol–water partition coefficient (Wildman–Crippen LogP) is 3.71. The topological polar surface area (TPSA) is 55.1 Å². The van der Waals surface area contributed by atoms with Gasteiger partial charge in [-0.2, -0.15) is 14.6 Å². The van der Waals surface area contributed by atoms with Crippen LogP contribution in [0.1, 0.15) is 11.1 Å². The van der Waals surface area contributed by atoms with Crippen molar-refractivity contribution in [3.63, 3.8) is 0 Å². The maximum absolute atomic E-state index is 4.58. The Labute approximate surface area is 140 Å². The van der Waals surface area contributed by atoms with Crippen molar-refractivity contribution < 1.29 is 0 Å². The molecule has 0 aliphatic heterocycles. The lowest BCUT2D eigenvalue weighted by atomic mass is 10.1. The second-order valence-corrected chi connectivity index (χ2v) is 5.71. The first kappa shape index (κ1) is 14.4. The minimum absolute atomic E-state index is 0.586. The lowest BCUT2D eigenvalue weighted by molar-refractivity contribution is 0.926. The van der Waals surface area contributed by atoms with Crippen molar-refractivity contribution >= 4 is 11.6 Å². The summed E-state index contributed by atoms with van der Waals surface area (Å²) in [7, 11) is 0.